The van der Waals surface area contributed by atoms with Crippen molar-refractivity contribution in [1.82, 2.24) is 5.32 Å². The standard InChI is InChI=1S/C11H20N2S/c1-3-10(12)6-7-13-8-11-5-4-9(2)14-11/h4-5,10,13H,3,6-8,12H2,1-2H3. The summed E-state index contributed by atoms with van der Waals surface area (Å²) in [6.07, 6.45) is 2.14. The second-order valence-electron chi connectivity index (χ2n) is 3.65. The third-order valence-electron chi connectivity index (χ3n) is 2.31. The Morgan fingerprint density at radius 3 is 2.86 bits per heavy atom. The number of thiophene rings is 1. The van der Waals surface area contributed by atoms with E-state index in [1.54, 1.807) is 0 Å². The number of nitrogens with two attached hydrogens (primary N) is 1. The van der Waals surface area contributed by atoms with Gasteiger partial charge in [0.25, 0.3) is 0 Å². The molecule has 0 amide bonds. The number of hydrogen-bond acceptors (Lipinski definition) is 3. The molecule has 1 aromatic heterocycles. The summed E-state index contributed by atoms with van der Waals surface area (Å²) in [6.45, 7) is 6.27. The minimum absolute atomic E-state index is 0.354. The molecule has 0 aliphatic rings. The average Bonchev–Trinajstić information content (AvgIpc) is 2.58. The number of aryl methyl sites for hydroxylation is 1. The van der Waals surface area contributed by atoms with Crippen LogP contribution in [0.3, 0.4) is 0 Å². The quantitative estimate of drug-likeness (QED) is 0.710. The lowest BCUT2D eigenvalue weighted by molar-refractivity contribution is 0.551. The van der Waals surface area contributed by atoms with Gasteiger partial charge in [0.1, 0.15) is 0 Å². The predicted molar refractivity (Wildman–Crippen MR) is 63.6 cm³/mol. The highest BCUT2D eigenvalue weighted by Crippen LogP contribution is 2.14. The van der Waals surface area contributed by atoms with Crippen LogP contribution in [0.1, 0.15) is 29.5 Å². The fraction of sp³-hybridized carbons (Fsp3) is 0.636. The van der Waals surface area contributed by atoms with E-state index in [2.05, 4.69) is 31.3 Å². The van der Waals surface area contributed by atoms with Gasteiger partial charge in [-0.05, 0) is 38.4 Å². The van der Waals surface area contributed by atoms with Crippen LogP contribution in [0.4, 0.5) is 0 Å². The molecule has 1 rings (SSSR count). The van der Waals surface area contributed by atoms with Gasteiger partial charge in [-0.3, -0.25) is 0 Å². The highest BCUT2D eigenvalue weighted by Gasteiger charge is 1.99. The molecule has 0 radical (unpaired) electrons. The highest BCUT2D eigenvalue weighted by molar-refractivity contribution is 7.11. The molecule has 14 heavy (non-hydrogen) atoms. The van der Waals surface area contributed by atoms with Crippen molar-refractivity contribution in [3.05, 3.63) is 21.9 Å². The van der Waals surface area contributed by atoms with E-state index in [1.165, 1.54) is 9.75 Å². The summed E-state index contributed by atoms with van der Waals surface area (Å²) in [4.78, 5) is 2.79. The maximum Gasteiger partial charge on any atom is 0.0299 e. The predicted octanol–water partition coefficient (Wildman–Crippen LogP) is 2.27. The summed E-state index contributed by atoms with van der Waals surface area (Å²) in [5, 5.41) is 3.41. The van der Waals surface area contributed by atoms with Crippen LogP contribution in [0.2, 0.25) is 0 Å². The van der Waals surface area contributed by atoms with E-state index in [4.69, 9.17) is 5.73 Å². The molecule has 1 unspecified atom stereocenters. The van der Waals surface area contributed by atoms with Crippen LogP contribution in [-0.4, -0.2) is 12.6 Å². The zero-order chi connectivity index (χ0) is 10.4. The summed E-state index contributed by atoms with van der Waals surface area (Å²) in [5.41, 5.74) is 5.82. The van der Waals surface area contributed by atoms with E-state index < -0.39 is 0 Å². The van der Waals surface area contributed by atoms with Gasteiger partial charge in [-0.25, -0.2) is 0 Å². The molecule has 0 aromatic carbocycles. The monoisotopic (exact) mass is 212 g/mol. The Labute approximate surface area is 90.5 Å². The maximum absolute atomic E-state index is 5.82. The van der Waals surface area contributed by atoms with Crippen molar-refractivity contribution in [2.45, 2.75) is 39.3 Å². The largest absolute Gasteiger partial charge is 0.328 e. The van der Waals surface area contributed by atoms with E-state index in [0.717, 1.165) is 25.9 Å². The van der Waals surface area contributed by atoms with Gasteiger partial charge in [0.2, 0.25) is 0 Å². The first kappa shape index (κ1) is 11.7. The summed E-state index contributed by atoms with van der Waals surface area (Å²) >= 11 is 1.86. The van der Waals surface area contributed by atoms with Crippen molar-refractivity contribution in [2.75, 3.05) is 6.54 Å². The van der Waals surface area contributed by atoms with Crippen molar-refractivity contribution in [2.24, 2.45) is 5.73 Å². The Bertz CT molecular complexity index is 258. The van der Waals surface area contributed by atoms with Crippen LogP contribution in [-0.2, 0) is 6.54 Å². The first-order valence-corrected chi connectivity index (χ1v) is 6.05. The Hall–Kier alpha value is -0.380. The summed E-state index contributed by atoms with van der Waals surface area (Å²) < 4.78 is 0. The number of rotatable bonds is 6. The van der Waals surface area contributed by atoms with E-state index in [-0.39, 0.29) is 0 Å². The molecule has 0 spiro atoms. The zero-order valence-electron chi connectivity index (χ0n) is 9.05. The minimum atomic E-state index is 0.354. The Morgan fingerprint density at radius 1 is 1.50 bits per heavy atom. The maximum atomic E-state index is 5.82. The molecule has 3 heteroatoms. The number of hydrogen-bond donors (Lipinski definition) is 2. The van der Waals surface area contributed by atoms with Gasteiger partial charge in [0.15, 0.2) is 0 Å². The highest BCUT2D eigenvalue weighted by atomic mass is 32.1. The molecule has 1 heterocycles. The second-order valence-corrected chi connectivity index (χ2v) is 5.02. The lowest BCUT2D eigenvalue weighted by Crippen LogP contribution is -2.25. The minimum Gasteiger partial charge on any atom is -0.328 e. The van der Waals surface area contributed by atoms with Gasteiger partial charge in [0, 0.05) is 22.3 Å². The lowest BCUT2D eigenvalue weighted by Gasteiger charge is -2.08. The Balaban J connectivity index is 2.10. The van der Waals surface area contributed by atoms with Gasteiger partial charge >= 0.3 is 0 Å². The molecule has 1 aromatic rings. The van der Waals surface area contributed by atoms with E-state index >= 15 is 0 Å². The Kier molecular flexibility index (Phi) is 5.15. The van der Waals surface area contributed by atoms with Crippen LogP contribution >= 0.6 is 11.3 Å². The van der Waals surface area contributed by atoms with E-state index in [1.807, 2.05) is 11.3 Å². The topological polar surface area (TPSA) is 38.0 Å². The second kappa shape index (κ2) is 6.17. The third-order valence-corrected chi connectivity index (χ3v) is 3.31. The Morgan fingerprint density at radius 2 is 2.29 bits per heavy atom. The molecule has 0 aliphatic carbocycles. The van der Waals surface area contributed by atoms with Crippen molar-refractivity contribution < 1.29 is 0 Å². The first-order chi connectivity index (χ1) is 6.72. The van der Waals surface area contributed by atoms with Crippen LogP contribution in [0.15, 0.2) is 12.1 Å². The lowest BCUT2D eigenvalue weighted by atomic mass is 10.2. The summed E-state index contributed by atoms with van der Waals surface area (Å²) in [7, 11) is 0. The van der Waals surface area contributed by atoms with Gasteiger partial charge in [-0.2, -0.15) is 0 Å². The molecule has 0 saturated heterocycles. The number of nitrogens with one attached hydrogen (secondary N) is 1. The van der Waals surface area contributed by atoms with Gasteiger partial charge in [-0.1, -0.05) is 6.92 Å². The van der Waals surface area contributed by atoms with Gasteiger partial charge in [-0.15, -0.1) is 11.3 Å². The van der Waals surface area contributed by atoms with Gasteiger partial charge in [0.05, 0.1) is 0 Å². The third kappa shape index (κ3) is 4.22. The molecule has 80 valence electrons. The van der Waals surface area contributed by atoms with Crippen LogP contribution in [0.25, 0.3) is 0 Å². The molecule has 0 aliphatic heterocycles. The SMILES string of the molecule is CCC(N)CCNCc1ccc(C)s1. The van der Waals surface area contributed by atoms with Gasteiger partial charge < -0.3 is 11.1 Å². The molecule has 0 saturated carbocycles. The molecule has 0 fully saturated rings. The molecular formula is C11H20N2S. The summed E-state index contributed by atoms with van der Waals surface area (Å²) in [5.74, 6) is 0. The van der Waals surface area contributed by atoms with Crippen molar-refractivity contribution in [3.63, 3.8) is 0 Å². The fourth-order valence-corrected chi connectivity index (χ4v) is 2.14. The summed E-state index contributed by atoms with van der Waals surface area (Å²) in [6, 6.07) is 4.71. The van der Waals surface area contributed by atoms with Crippen LogP contribution in [0.5, 0.6) is 0 Å². The van der Waals surface area contributed by atoms with E-state index in [9.17, 15) is 0 Å². The molecule has 1 atom stereocenters. The first-order valence-electron chi connectivity index (χ1n) is 5.24. The normalized spacial score (nSPS) is 13.1. The van der Waals surface area contributed by atoms with Crippen LogP contribution in [0, 0.1) is 6.92 Å². The van der Waals surface area contributed by atoms with E-state index in [0.29, 0.717) is 6.04 Å². The molecular weight excluding hydrogens is 192 g/mol. The molecule has 0 bridgehead atoms. The van der Waals surface area contributed by atoms with Crippen molar-refractivity contribution >= 4 is 11.3 Å². The smallest absolute Gasteiger partial charge is 0.0299 e. The van der Waals surface area contributed by atoms with Crippen molar-refractivity contribution in [3.8, 4) is 0 Å². The zero-order valence-corrected chi connectivity index (χ0v) is 9.86. The van der Waals surface area contributed by atoms with Crippen LogP contribution < -0.4 is 11.1 Å². The average molecular weight is 212 g/mol. The van der Waals surface area contributed by atoms with Crippen molar-refractivity contribution in [1.29, 1.82) is 0 Å². The molecule has 3 N–H and O–H groups in total. The fourth-order valence-electron chi connectivity index (χ4n) is 1.28. The molecule has 2 nitrogen and oxygen atoms in total.